The van der Waals surface area contributed by atoms with Crippen LogP contribution >= 0.6 is 15.6 Å². The Bertz CT molecular complexity index is 2010. The lowest BCUT2D eigenvalue weighted by Gasteiger charge is -2.21. The van der Waals surface area contributed by atoms with Crippen LogP contribution in [0.2, 0.25) is 0 Å². The van der Waals surface area contributed by atoms with Crippen LogP contribution in [0, 0.1) is 0 Å². The molecule has 18 heteroatoms. The van der Waals surface area contributed by atoms with E-state index in [-0.39, 0.29) is 19.3 Å². The molecule has 0 aromatic rings. The molecule has 0 aliphatic heterocycles. The van der Waals surface area contributed by atoms with Crippen LogP contribution in [-0.2, 0) is 55.8 Å². The average Bonchev–Trinajstić information content (AvgIpc) is 3.70. The highest BCUT2D eigenvalue weighted by Crippen LogP contribution is 2.45. The Labute approximate surface area is 539 Å². The molecule has 5 unspecified atom stereocenters. The zero-order chi connectivity index (χ0) is 65.3. The first-order chi connectivity index (χ1) is 43.2. The second-order valence-electron chi connectivity index (χ2n) is 23.0. The minimum atomic E-state index is -4.92. The number of aliphatic hydroxyl groups is 2. The van der Waals surface area contributed by atoms with Crippen LogP contribution in [0.5, 0.6) is 0 Å². The molecule has 0 aromatic carbocycles. The molecule has 0 aliphatic carbocycles. The summed E-state index contributed by atoms with van der Waals surface area (Å²) in [6.45, 7) is 2.47. The smallest absolute Gasteiger partial charge is 0.463 e. The molecule has 5 atom stereocenters. The van der Waals surface area contributed by atoms with Gasteiger partial charge in [-0.05, 0) is 96.3 Å². The number of esters is 3. The molecule has 0 bridgehead atoms. The monoisotopic (exact) mass is 1290 g/mol. The van der Waals surface area contributed by atoms with Crippen LogP contribution in [0.15, 0.2) is 97.2 Å². The lowest BCUT2D eigenvalue weighted by molar-refractivity contribution is -0.161. The lowest BCUT2D eigenvalue weighted by atomic mass is 10.0. The van der Waals surface area contributed by atoms with Crippen molar-refractivity contribution < 1.29 is 75.8 Å². The van der Waals surface area contributed by atoms with Crippen LogP contribution in [0.1, 0.15) is 278 Å². The van der Waals surface area contributed by atoms with Crippen molar-refractivity contribution >= 4 is 33.6 Å². The van der Waals surface area contributed by atoms with E-state index in [4.69, 9.17) is 32.3 Å². The molecule has 514 valence electrons. The van der Waals surface area contributed by atoms with Gasteiger partial charge in [0.25, 0.3) is 0 Å². The van der Waals surface area contributed by atoms with Crippen molar-refractivity contribution in [1.29, 1.82) is 0 Å². The summed E-state index contributed by atoms with van der Waals surface area (Å²) in [6, 6.07) is 0. The summed E-state index contributed by atoms with van der Waals surface area (Å²) in [6.07, 6.45) is 70.3. The molecule has 0 radical (unpaired) electrons. The van der Waals surface area contributed by atoms with Crippen molar-refractivity contribution in [2.24, 2.45) is 0 Å². The Morgan fingerprint density at radius 1 is 0.326 bits per heavy atom. The molecular weight excluding hydrogens is 1170 g/mol. The topological polar surface area (TPSA) is 231 Å². The normalized spacial score (nSPS) is 14.8. The number of carbonyl (C=O) groups is 3. The minimum Gasteiger partial charge on any atom is -0.463 e. The first-order valence-electron chi connectivity index (χ1n) is 34.5. The quantitative estimate of drug-likeness (QED) is 0.0146. The van der Waals surface area contributed by atoms with E-state index in [1.54, 1.807) is 0 Å². The molecule has 0 amide bonds. The van der Waals surface area contributed by atoms with Crippen molar-refractivity contribution in [3.8, 4) is 0 Å². The van der Waals surface area contributed by atoms with Gasteiger partial charge in [0.1, 0.15) is 25.4 Å². The number of hydrogen-bond acceptors (Lipinski definition) is 14. The standard InChI is InChI=1S/C71H124O16P2/c1-4-7-10-13-16-19-22-25-27-28-29-30-31-32-33-34-35-36-38-41-42-45-48-51-54-57-69(74)81-60-66(72)61-83-88(77,78)84-62-67(73)63-85-89(79,80)86-65-68(87-71(76)59-56-53-50-47-44-39-24-21-18-15-12-9-6-3)64-82-70(75)58-55-52-49-46-43-40-37-26-23-20-17-14-11-8-5-2/h7,10,12,15-16,19,21,24-25,27,29-30,32-33,35-36,66-68,72-73H,4-6,8-9,11,13-14,17-18,20,22-23,26,28,31,34,37-65H2,1-3H3,(H,77,78)(H,79,80)/b10-7-,15-12-,19-16-,24-21-,27-25-,30-29-,33-32-,36-35-. The second kappa shape index (κ2) is 64.6. The number of ether oxygens (including phenoxy) is 3. The fourth-order valence-electron chi connectivity index (χ4n) is 9.02. The molecular formula is C71H124O16P2. The molecule has 0 fully saturated rings. The van der Waals surface area contributed by atoms with Crippen LogP contribution in [0.3, 0.4) is 0 Å². The Hall–Kier alpha value is -3.53. The molecule has 0 aromatic heterocycles. The van der Waals surface area contributed by atoms with Crippen LogP contribution in [-0.4, -0.2) is 95.9 Å². The van der Waals surface area contributed by atoms with E-state index in [2.05, 4.69) is 118 Å². The Kier molecular flexibility index (Phi) is 62.0. The molecule has 89 heavy (non-hydrogen) atoms. The Balaban J connectivity index is 4.55. The summed E-state index contributed by atoms with van der Waals surface area (Å²) >= 11 is 0. The van der Waals surface area contributed by atoms with E-state index in [1.165, 1.54) is 70.6 Å². The zero-order valence-electron chi connectivity index (χ0n) is 55.6. The van der Waals surface area contributed by atoms with E-state index in [1.807, 2.05) is 0 Å². The molecule has 16 nitrogen and oxygen atoms in total. The van der Waals surface area contributed by atoms with Crippen molar-refractivity contribution in [1.82, 2.24) is 0 Å². The molecule has 0 rings (SSSR count). The van der Waals surface area contributed by atoms with Gasteiger partial charge in [0.2, 0.25) is 0 Å². The second-order valence-corrected chi connectivity index (χ2v) is 25.9. The number of hydrogen-bond donors (Lipinski definition) is 4. The maximum atomic E-state index is 12.9. The van der Waals surface area contributed by atoms with Gasteiger partial charge in [-0.15, -0.1) is 0 Å². The molecule has 0 heterocycles. The van der Waals surface area contributed by atoms with Crippen molar-refractivity contribution in [3.63, 3.8) is 0 Å². The molecule has 0 saturated carbocycles. The number of aliphatic hydroxyl groups excluding tert-OH is 2. The largest absolute Gasteiger partial charge is 0.472 e. The maximum absolute atomic E-state index is 12.9. The van der Waals surface area contributed by atoms with Gasteiger partial charge in [-0.1, -0.05) is 259 Å². The van der Waals surface area contributed by atoms with E-state index in [0.29, 0.717) is 19.3 Å². The SMILES string of the molecule is CC/C=C\C/C=C\C/C=C\C/C=C\C/C=C\C/C=C\CCCCCCCCC(=O)OCC(O)COP(=O)(O)OCC(O)COP(=O)(O)OCC(COC(=O)CCCCCCCCCCCCCCCCC)OC(=O)CCCCCCC/C=C\C/C=C\CCC. The summed E-state index contributed by atoms with van der Waals surface area (Å²) in [5.41, 5.74) is 0. The zero-order valence-corrected chi connectivity index (χ0v) is 57.4. The van der Waals surface area contributed by atoms with Crippen molar-refractivity contribution in [2.75, 3.05) is 39.6 Å². The third kappa shape index (κ3) is 65.8. The van der Waals surface area contributed by atoms with E-state index in [0.717, 1.165) is 148 Å². The van der Waals surface area contributed by atoms with Crippen LogP contribution < -0.4 is 0 Å². The average molecular weight is 1300 g/mol. The predicted octanol–water partition coefficient (Wildman–Crippen LogP) is 19.1. The Morgan fingerprint density at radius 2 is 0.618 bits per heavy atom. The summed E-state index contributed by atoms with van der Waals surface area (Å²) in [5, 5.41) is 20.5. The molecule has 4 N–H and O–H groups in total. The van der Waals surface area contributed by atoms with Gasteiger partial charge in [-0.3, -0.25) is 32.5 Å². The number of rotatable bonds is 65. The Morgan fingerprint density at radius 3 is 0.989 bits per heavy atom. The predicted molar refractivity (Wildman–Crippen MR) is 362 cm³/mol. The van der Waals surface area contributed by atoms with Gasteiger partial charge in [-0.25, -0.2) is 9.13 Å². The minimum absolute atomic E-state index is 0.0900. The fraction of sp³-hybridized carbons (Fsp3) is 0.732. The number of unbranched alkanes of at least 4 members (excludes halogenated alkanes) is 26. The first kappa shape index (κ1) is 85.5. The first-order valence-corrected chi connectivity index (χ1v) is 37.5. The number of carbonyl (C=O) groups excluding carboxylic acids is 3. The van der Waals surface area contributed by atoms with E-state index >= 15 is 0 Å². The molecule has 0 spiro atoms. The highest BCUT2D eigenvalue weighted by atomic mass is 31.2. The number of allylic oxidation sites excluding steroid dienone is 16. The van der Waals surface area contributed by atoms with Gasteiger partial charge < -0.3 is 34.2 Å². The number of phosphoric acid groups is 2. The van der Waals surface area contributed by atoms with Crippen molar-refractivity contribution in [3.05, 3.63) is 97.2 Å². The third-order valence-electron chi connectivity index (χ3n) is 14.3. The van der Waals surface area contributed by atoms with Gasteiger partial charge >= 0.3 is 33.6 Å². The summed E-state index contributed by atoms with van der Waals surface area (Å²) in [7, 11) is -9.78. The lowest BCUT2D eigenvalue weighted by Crippen LogP contribution is -2.30. The molecule has 0 saturated heterocycles. The maximum Gasteiger partial charge on any atom is 0.472 e. The summed E-state index contributed by atoms with van der Waals surface area (Å²) < 4.78 is 60.8. The fourth-order valence-corrected chi connectivity index (χ4v) is 10.6. The summed E-state index contributed by atoms with van der Waals surface area (Å²) in [5.74, 6) is -1.60. The highest BCUT2D eigenvalue weighted by Gasteiger charge is 2.29. The van der Waals surface area contributed by atoms with Crippen molar-refractivity contribution in [2.45, 2.75) is 296 Å². The highest BCUT2D eigenvalue weighted by molar-refractivity contribution is 7.47. The third-order valence-corrected chi connectivity index (χ3v) is 16.2. The van der Waals surface area contributed by atoms with E-state index in [9.17, 15) is 43.5 Å². The molecule has 0 aliphatic rings. The summed E-state index contributed by atoms with van der Waals surface area (Å²) in [4.78, 5) is 58.3. The van der Waals surface area contributed by atoms with Crippen LogP contribution in [0.25, 0.3) is 0 Å². The van der Waals surface area contributed by atoms with Gasteiger partial charge in [0, 0.05) is 19.3 Å². The van der Waals surface area contributed by atoms with Gasteiger partial charge in [-0.2, -0.15) is 0 Å². The van der Waals surface area contributed by atoms with Gasteiger partial charge in [0.05, 0.1) is 26.4 Å². The van der Waals surface area contributed by atoms with E-state index < -0.39 is 91.5 Å². The van der Waals surface area contributed by atoms with Gasteiger partial charge in [0.15, 0.2) is 6.10 Å². The van der Waals surface area contributed by atoms with Crippen LogP contribution in [0.4, 0.5) is 0 Å². The number of phosphoric ester groups is 2.